The Balaban J connectivity index is 1.73. The number of methoxy groups -OCH3 is 3. The van der Waals surface area contributed by atoms with Gasteiger partial charge in [-0.3, -0.25) is 14.5 Å². The third kappa shape index (κ3) is 4.15. The number of aliphatic hydroxyl groups is 1. The molecule has 0 bridgehead atoms. The fourth-order valence-corrected chi connectivity index (χ4v) is 5.28. The molecule has 1 atom stereocenters. The van der Waals surface area contributed by atoms with E-state index in [4.69, 9.17) is 14.2 Å². The Kier molecular flexibility index (Phi) is 6.26. The zero-order valence-electron chi connectivity index (χ0n) is 20.0. The molecule has 1 saturated heterocycles. The van der Waals surface area contributed by atoms with E-state index < -0.39 is 23.5 Å². The molecular formula is C27H21FN2O6S. The molecule has 0 unspecified atom stereocenters. The number of hydrogen-bond donors (Lipinski definition) is 1. The third-order valence-electron chi connectivity index (χ3n) is 6.08. The van der Waals surface area contributed by atoms with Crippen molar-refractivity contribution < 1.29 is 33.3 Å². The van der Waals surface area contributed by atoms with Crippen LogP contribution in [-0.2, 0) is 9.59 Å². The highest BCUT2D eigenvalue weighted by Gasteiger charge is 2.48. The largest absolute Gasteiger partial charge is 0.507 e. The summed E-state index contributed by atoms with van der Waals surface area (Å²) in [5.74, 6) is -1.14. The van der Waals surface area contributed by atoms with Gasteiger partial charge < -0.3 is 19.3 Å². The first-order valence-electron chi connectivity index (χ1n) is 11.1. The molecule has 10 heteroatoms. The summed E-state index contributed by atoms with van der Waals surface area (Å²) in [7, 11) is 4.48. The van der Waals surface area contributed by atoms with Crippen LogP contribution in [0.2, 0.25) is 0 Å². The van der Waals surface area contributed by atoms with Crippen molar-refractivity contribution in [1.82, 2.24) is 4.98 Å². The number of thiazole rings is 1. The summed E-state index contributed by atoms with van der Waals surface area (Å²) < 4.78 is 30.3. The third-order valence-corrected chi connectivity index (χ3v) is 7.09. The number of Topliss-reactive ketones (excluding diaryl/α,β-unsaturated/α-hetero) is 1. The number of aliphatic hydroxyl groups excluding tert-OH is 1. The van der Waals surface area contributed by atoms with Gasteiger partial charge in [0.05, 0.1) is 43.2 Å². The summed E-state index contributed by atoms with van der Waals surface area (Å²) in [4.78, 5) is 32.5. The molecule has 3 aromatic carbocycles. The van der Waals surface area contributed by atoms with Crippen LogP contribution in [0, 0.1) is 5.82 Å². The van der Waals surface area contributed by atoms with E-state index in [-0.39, 0.29) is 16.5 Å². The summed E-state index contributed by atoms with van der Waals surface area (Å²) in [5.41, 5.74) is 1.17. The maximum atomic E-state index is 13.8. The standard InChI is InChI=1S/C27H21FN2O6S/c1-34-17-8-4-14(5-9-17)24(31)22-23(15-6-11-19(35-2)20(12-15)36-3)30(26(33)25(22)32)27-29-18-10-7-16(28)13-21(18)37-27/h4-13,23,31H,1-3H3/b24-22+/t23-/m0/s1. The second kappa shape index (κ2) is 9.55. The van der Waals surface area contributed by atoms with Gasteiger partial charge in [-0.25, -0.2) is 9.37 Å². The van der Waals surface area contributed by atoms with Crippen molar-refractivity contribution in [2.24, 2.45) is 0 Å². The van der Waals surface area contributed by atoms with Gasteiger partial charge in [0.25, 0.3) is 5.78 Å². The lowest BCUT2D eigenvalue weighted by atomic mass is 9.95. The van der Waals surface area contributed by atoms with Crippen LogP contribution >= 0.6 is 11.3 Å². The molecule has 8 nitrogen and oxygen atoms in total. The van der Waals surface area contributed by atoms with Crippen LogP contribution in [0.15, 0.2) is 66.2 Å². The Morgan fingerprint density at radius 1 is 0.946 bits per heavy atom. The van der Waals surface area contributed by atoms with Gasteiger partial charge in [0.1, 0.15) is 17.3 Å². The Labute approximate surface area is 215 Å². The number of ether oxygens (including phenoxy) is 3. The summed E-state index contributed by atoms with van der Waals surface area (Å²) in [6, 6.07) is 14.5. The molecule has 2 heterocycles. The molecule has 0 saturated carbocycles. The zero-order chi connectivity index (χ0) is 26.3. The van der Waals surface area contributed by atoms with Crippen LogP contribution in [0.4, 0.5) is 9.52 Å². The maximum Gasteiger partial charge on any atom is 0.301 e. The van der Waals surface area contributed by atoms with Crippen molar-refractivity contribution in [2.45, 2.75) is 6.04 Å². The first-order valence-corrected chi connectivity index (χ1v) is 11.9. The van der Waals surface area contributed by atoms with Gasteiger partial charge in [0.2, 0.25) is 0 Å². The molecule has 5 rings (SSSR count). The van der Waals surface area contributed by atoms with E-state index >= 15 is 0 Å². The Morgan fingerprint density at radius 3 is 2.35 bits per heavy atom. The Morgan fingerprint density at radius 2 is 1.68 bits per heavy atom. The topological polar surface area (TPSA) is 98.2 Å². The number of benzene rings is 3. The fourth-order valence-electron chi connectivity index (χ4n) is 4.26. The monoisotopic (exact) mass is 520 g/mol. The van der Waals surface area contributed by atoms with Crippen molar-refractivity contribution in [3.63, 3.8) is 0 Å². The number of fused-ring (bicyclic) bond motifs is 1. The smallest absolute Gasteiger partial charge is 0.301 e. The summed E-state index contributed by atoms with van der Waals surface area (Å²) >= 11 is 1.07. The number of amides is 1. The molecule has 4 aromatic rings. The van der Waals surface area contributed by atoms with Crippen molar-refractivity contribution in [1.29, 1.82) is 0 Å². The lowest BCUT2D eigenvalue weighted by Crippen LogP contribution is -2.29. The van der Waals surface area contributed by atoms with Gasteiger partial charge in [-0.15, -0.1) is 0 Å². The van der Waals surface area contributed by atoms with Crippen LogP contribution < -0.4 is 19.1 Å². The molecule has 1 aliphatic rings. The lowest BCUT2D eigenvalue weighted by molar-refractivity contribution is -0.132. The van der Waals surface area contributed by atoms with Gasteiger partial charge in [0, 0.05) is 5.56 Å². The summed E-state index contributed by atoms with van der Waals surface area (Å²) in [6.45, 7) is 0. The minimum absolute atomic E-state index is 0.118. The van der Waals surface area contributed by atoms with E-state index in [0.717, 1.165) is 11.3 Å². The number of aromatic nitrogens is 1. The van der Waals surface area contributed by atoms with E-state index in [9.17, 15) is 19.1 Å². The fraction of sp³-hybridized carbons (Fsp3) is 0.148. The zero-order valence-corrected chi connectivity index (χ0v) is 20.8. The van der Waals surface area contributed by atoms with Crippen LogP contribution in [0.5, 0.6) is 17.2 Å². The summed E-state index contributed by atoms with van der Waals surface area (Å²) in [5, 5.41) is 11.5. The van der Waals surface area contributed by atoms with Crippen LogP contribution in [0.1, 0.15) is 17.2 Å². The number of halogens is 1. The minimum Gasteiger partial charge on any atom is -0.507 e. The van der Waals surface area contributed by atoms with Crippen molar-refractivity contribution in [3.8, 4) is 17.2 Å². The SMILES string of the molecule is COc1ccc(/C(O)=C2\C(=O)C(=O)N(c3nc4ccc(F)cc4s3)[C@H]2c2ccc(OC)c(OC)c2)cc1. The lowest BCUT2D eigenvalue weighted by Gasteiger charge is -2.23. The first-order chi connectivity index (χ1) is 17.9. The molecule has 37 heavy (non-hydrogen) atoms. The second-order valence-electron chi connectivity index (χ2n) is 8.12. The normalized spacial score (nSPS) is 16.9. The molecule has 0 radical (unpaired) electrons. The maximum absolute atomic E-state index is 13.8. The van der Waals surface area contributed by atoms with Gasteiger partial charge in [-0.05, 0) is 60.2 Å². The molecule has 0 aliphatic carbocycles. The van der Waals surface area contributed by atoms with Crippen molar-refractivity contribution in [2.75, 3.05) is 26.2 Å². The predicted molar refractivity (Wildman–Crippen MR) is 137 cm³/mol. The van der Waals surface area contributed by atoms with Gasteiger partial charge in [-0.2, -0.15) is 0 Å². The number of ketones is 1. The van der Waals surface area contributed by atoms with Gasteiger partial charge in [-0.1, -0.05) is 17.4 Å². The molecule has 1 amide bonds. The number of carbonyl (C=O) groups is 2. The minimum atomic E-state index is -1.03. The number of rotatable bonds is 6. The number of hydrogen-bond acceptors (Lipinski definition) is 8. The predicted octanol–water partition coefficient (Wildman–Crippen LogP) is 5.09. The van der Waals surface area contributed by atoms with Gasteiger partial charge >= 0.3 is 5.91 Å². The molecular weight excluding hydrogens is 499 g/mol. The van der Waals surface area contributed by atoms with Crippen LogP contribution in [0.3, 0.4) is 0 Å². The van der Waals surface area contributed by atoms with Crippen LogP contribution in [0.25, 0.3) is 16.0 Å². The highest BCUT2D eigenvalue weighted by atomic mass is 32.1. The number of nitrogens with zero attached hydrogens (tertiary/aromatic N) is 2. The first kappa shape index (κ1) is 24.3. The van der Waals surface area contributed by atoms with E-state index in [0.29, 0.717) is 38.6 Å². The number of anilines is 1. The average Bonchev–Trinajstić information content (AvgIpc) is 3.45. The summed E-state index contributed by atoms with van der Waals surface area (Å²) in [6.07, 6.45) is 0. The molecule has 1 aliphatic heterocycles. The molecule has 0 spiro atoms. The average molecular weight is 521 g/mol. The second-order valence-corrected chi connectivity index (χ2v) is 9.13. The van der Waals surface area contributed by atoms with E-state index in [1.165, 1.54) is 44.4 Å². The van der Waals surface area contributed by atoms with Crippen molar-refractivity contribution >= 4 is 44.1 Å². The van der Waals surface area contributed by atoms with Crippen molar-refractivity contribution in [3.05, 3.63) is 83.2 Å². The molecule has 1 N–H and O–H groups in total. The molecule has 1 aromatic heterocycles. The molecule has 188 valence electrons. The van der Waals surface area contributed by atoms with E-state index in [1.54, 1.807) is 42.5 Å². The Hall–Kier alpha value is -4.44. The van der Waals surface area contributed by atoms with Crippen LogP contribution in [-0.4, -0.2) is 43.1 Å². The number of carbonyl (C=O) groups excluding carboxylic acids is 2. The highest BCUT2D eigenvalue weighted by Crippen LogP contribution is 2.46. The quantitative estimate of drug-likeness (QED) is 0.215. The van der Waals surface area contributed by atoms with E-state index in [2.05, 4.69) is 4.98 Å². The highest BCUT2D eigenvalue weighted by molar-refractivity contribution is 7.22. The molecule has 1 fully saturated rings. The Bertz CT molecular complexity index is 1560. The van der Waals surface area contributed by atoms with Gasteiger partial charge in [0.15, 0.2) is 16.6 Å². The van der Waals surface area contributed by atoms with E-state index in [1.807, 2.05) is 0 Å².